The molecule has 1 aliphatic rings. The van der Waals surface area contributed by atoms with Crippen molar-refractivity contribution in [1.29, 1.82) is 0 Å². The van der Waals surface area contributed by atoms with Crippen LogP contribution in [0.3, 0.4) is 0 Å². The van der Waals surface area contributed by atoms with Gasteiger partial charge in [-0.1, -0.05) is 19.1 Å². The number of ketones is 1. The van der Waals surface area contributed by atoms with Crippen LogP contribution in [0.5, 0.6) is 0 Å². The van der Waals surface area contributed by atoms with Crippen LogP contribution in [0, 0.1) is 5.92 Å². The van der Waals surface area contributed by atoms with Gasteiger partial charge in [-0.2, -0.15) is 0 Å². The molecule has 0 spiro atoms. The van der Waals surface area contributed by atoms with Crippen molar-refractivity contribution in [1.82, 2.24) is 0 Å². The van der Waals surface area contributed by atoms with Gasteiger partial charge in [0.05, 0.1) is 5.69 Å². The maximum atomic E-state index is 12.8. The van der Waals surface area contributed by atoms with Crippen LogP contribution in [0.2, 0.25) is 0 Å². The Bertz CT molecular complexity index is 722. The number of hydrogen-bond acceptors (Lipinski definition) is 3. The molecule has 2 aromatic rings. The van der Waals surface area contributed by atoms with Crippen LogP contribution in [0.1, 0.15) is 34.1 Å². The Kier molecular flexibility index (Phi) is 3.67. The molecule has 0 aliphatic carbocycles. The van der Waals surface area contributed by atoms with Crippen LogP contribution < -0.4 is 10.6 Å². The Hall–Kier alpha value is -2.62. The standard InChI is InChI=1S/C18H18N2O2/c1-12-10-11-20(16-5-3-2-4-15(16)17(12)21)18(22)13-6-8-14(19)9-7-13/h2-9,12H,10-11,19H2,1H3. The number of nitrogens with two attached hydrogens (primary N) is 1. The lowest BCUT2D eigenvalue weighted by Crippen LogP contribution is -2.32. The second kappa shape index (κ2) is 5.64. The Morgan fingerprint density at radius 2 is 1.82 bits per heavy atom. The SMILES string of the molecule is CC1CCN(C(=O)c2ccc(N)cc2)c2ccccc2C1=O. The Morgan fingerprint density at radius 1 is 1.14 bits per heavy atom. The predicted octanol–water partition coefficient (Wildman–Crippen LogP) is 3.14. The summed E-state index contributed by atoms with van der Waals surface area (Å²) in [4.78, 5) is 26.9. The van der Waals surface area contributed by atoms with E-state index in [1.54, 1.807) is 35.2 Å². The number of anilines is 2. The molecule has 0 saturated heterocycles. The predicted molar refractivity (Wildman–Crippen MR) is 87.1 cm³/mol. The van der Waals surface area contributed by atoms with Crippen molar-refractivity contribution in [3.8, 4) is 0 Å². The summed E-state index contributed by atoms with van der Waals surface area (Å²) in [5, 5.41) is 0. The fourth-order valence-electron chi connectivity index (χ4n) is 2.75. The molecule has 3 rings (SSSR count). The molecule has 2 aromatic carbocycles. The van der Waals surface area contributed by atoms with E-state index in [9.17, 15) is 9.59 Å². The lowest BCUT2D eigenvalue weighted by Gasteiger charge is -2.22. The highest BCUT2D eigenvalue weighted by Gasteiger charge is 2.29. The molecule has 112 valence electrons. The van der Waals surface area contributed by atoms with Gasteiger partial charge in [0.25, 0.3) is 5.91 Å². The summed E-state index contributed by atoms with van der Waals surface area (Å²) >= 11 is 0. The molecule has 1 heterocycles. The first-order chi connectivity index (χ1) is 10.6. The van der Waals surface area contributed by atoms with Crippen LogP contribution >= 0.6 is 0 Å². The molecule has 0 saturated carbocycles. The minimum Gasteiger partial charge on any atom is -0.399 e. The average Bonchev–Trinajstić information content (AvgIpc) is 2.66. The third-order valence-electron chi connectivity index (χ3n) is 4.10. The largest absolute Gasteiger partial charge is 0.399 e. The van der Waals surface area contributed by atoms with Crippen LogP contribution in [0.25, 0.3) is 0 Å². The Balaban J connectivity index is 2.03. The topological polar surface area (TPSA) is 63.4 Å². The summed E-state index contributed by atoms with van der Waals surface area (Å²) in [5.74, 6) is -0.0806. The van der Waals surface area contributed by atoms with Crippen LogP contribution in [0.15, 0.2) is 48.5 Å². The maximum Gasteiger partial charge on any atom is 0.258 e. The zero-order chi connectivity index (χ0) is 15.7. The van der Waals surface area contributed by atoms with Crippen molar-refractivity contribution in [2.75, 3.05) is 17.2 Å². The lowest BCUT2D eigenvalue weighted by atomic mass is 9.97. The third-order valence-corrected chi connectivity index (χ3v) is 4.10. The smallest absolute Gasteiger partial charge is 0.258 e. The molecular weight excluding hydrogens is 276 g/mol. The third kappa shape index (κ3) is 2.48. The van der Waals surface area contributed by atoms with Crippen molar-refractivity contribution in [3.63, 3.8) is 0 Å². The van der Waals surface area contributed by atoms with Gasteiger partial charge in [0.1, 0.15) is 0 Å². The van der Waals surface area contributed by atoms with Crippen molar-refractivity contribution < 1.29 is 9.59 Å². The second-order valence-electron chi connectivity index (χ2n) is 5.65. The van der Waals surface area contributed by atoms with Crippen molar-refractivity contribution >= 4 is 23.1 Å². The summed E-state index contributed by atoms with van der Waals surface area (Å²) in [7, 11) is 0. The van der Waals surface area contributed by atoms with Crippen molar-refractivity contribution in [3.05, 3.63) is 59.7 Å². The Labute approximate surface area is 129 Å². The van der Waals surface area contributed by atoms with Gasteiger partial charge in [-0.25, -0.2) is 0 Å². The van der Waals surface area contributed by atoms with E-state index >= 15 is 0 Å². The molecule has 22 heavy (non-hydrogen) atoms. The lowest BCUT2D eigenvalue weighted by molar-refractivity contribution is 0.0925. The first-order valence-corrected chi connectivity index (χ1v) is 7.38. The number of rotatable bonds is 1. The summed E-state index contributed by atoms with van der Waals surface area (Å²) in [6.07, 6.45) is 0.661. The van der Waals surface area contributed by atoms with Gasteiger partial charge in [0, 0.05) is 29.3 Å². The monoisotopic (exact) mass is 294 g/mol. The summed E-state index contributed by atoms with van der Waals surface area (Å²) in [6.45, 7) is 2.45. The van der Waals surface area contributed by atoms with Crippen molar-refractivity contribution in [2.24, 2.45) is 5.92 Å². The number of Topliss-reactive ketones (excluding diaryl/α,β-unsaturated/α-hetero) is 1. The van der Waals surface area contributed by atoms with E-state index in [1.807, 2.05) is 25.1 Å². The minimum atomic E-state index is -0.102. The number of carbonyl (C=O) groups is 2. The molecule has 2 N–H and O–H groups in total. The fourth-order valence-corrected chi connectivity index (χ4v) is 2.75. The molecule has 0 aromatic heterocycles. The van der Waals surface area contributed by atoms with E-state index in [1.165, 1.54) is 0 Å². The van der Waals surface area contributed by atoms with Gasteiger partial charge in [-0.05, 0) is 42.8 Å². The van der Waals surface area contributed by atoms with Crippen LogP contribution in [-0.2, 0) is 0 Å². The minimum absolute atomic E-state index is 0.0784. The van der Waals surface area contributed by atoms with Gasteiger partial charge in [0.15, 0.2) is 5.78 Å². The number of fused-ring (bicyclic) bond motifs is 1. The van der Waals surface area contributed by atoms with E-state index in [0.717, 1.165) is 0 Å². The number of carbonyl (C=O) groups excluding carboxylic acids is 2. The van der Waals surface area contributed by atoms with Crippen LogP contribution in [0.4, 0.5) is 11.4 Å². The van der Waals surface area contributed by atoms with Gasteiger partial charge in [-0.15, -0.1) is 0 Å². The second-order valence-corrected chi connectivity index (χ2v) is 5.65. The summed E-state index contributed by atoms with van der Waals surface area (Å²) in [5.41, 5.74) is 8.19. The molecular formula is C18H18N2O2. The van der Waals surface area contributed by atoms with Gasteiger partial charge in [-0.3, -0.25) is 9.59 Å². The van der Waals surface area contributed by atoms with E-state index in [-0.39, 0.29) is 17.6 Å². The highest BCUT2D eigenvalue weighted by atomic mass is 16.2. The number of benzene rings is 2. The molecule has 0 bridgehead atoms. The van der Waals surface area contributed by atoms with E-state index < -0.39 is 0 Å². The van der Waals surface area contributed by atoms with E-state index in [0.29, 0.717) is 35.5 Å². The highest BCUT2D eigenvalue weighted by molar-refractivity contribution is 6.12. The molecule has 0 fully saturated rings. The number of nitrogen functional groups attached to an aromatic ring is 1. The quantitative estimate of drug-likeness (QED) is 0.822. The van der Waals surface area contributed by atoms with E-state index in [4.69, 9.17) is 5.73 Å². The molecule has 1 atom stereocenters. The number of hydrogen-bond donors (Lipinski definition) is 1. The number of para-hydroxylation sites is 1. The molecule has 4 heteroatoms. The van der Waals surface area contributed by atoms with Crippen molar-refractivity contribution in [2.45, 2.75) is 13.3 Å². The van der Waals surface area contributed by atoms with E-state index in [2.05, 4.69) is 0 Å². The normalized spacial score (nSPS) is 17.8. The Morgan fingerprint density at radius 3 is 2.55 bits per heavy atom. The molecule has 4 nitrogen and oxygen atoms in total. The molecule has 1 aliphatic heterocycles. The van der Waals surface area contributed by atoms with Gasteiger partial charge < -0.3 is 10.6 Å². The maximum absolute atomic E-state index is 12.8. The summed E-state index contributed by atoms with van der Waals surface area (Å²) in [6, 6.07) is 14.2. The first kappa shape index (κ1) is 14.3. The molecule has 0 radical (unpaired) electrons. The average molecular weight is 294 g/mol. The van der Waals surface area contributed by atoms with Gasteiger partial charge >= 0.3 is 0 Å². The zero-order valence-corrected chi connectivity index (χ0v) is 12.5. The van der Waals surface area contributed by atoms with Gasteiger partial charge in [0.2, 0.25) is 0 Å². The van der Waals surface area contributed by atoms with Crippen LogP contribution in [-0.4, -0.2) is 18.2 Å². The fraction of sp³-hybridized carbons (Fsp3) is 0.222. The zero-order valence-electron chi connectivity index (χ0n) is 12.5. The first-order valence-electron chi connectivity index (χ1n) is 7.38. The molecule has 1 unspecified atom stereocenters. The molecule has 1 amide bonds. The highest BCUT2D eigenvalue weighted by Crippen LogP contribution is 2.29. The number of amides is 1. The number of nitrogens with zero attached hydrogens (tertiary/aromatic N) is 1. The summed E-state index contributed by atoms with van der Waals surface area (Å²) < 4.78 is 0.